The van der Waals surface area contributed by atoms with E-state index in [1.54, 1.807) is 0 Å². The minimum Gasteiger partial charge on any atom is -0.374 e. The standard InChI is InChI=1S/C16H28N2OS/c1-2-7-18-8-4-14(15(18)3-1)17-13-5-9-19-16(11-13)6-10-20-12-16/h13-15,17H,1-12H2. The van der Waals surface area contributed by atoms with Crippen molar-refractivity contribution in [3.05, 3.63) is 0 Å². The Labute approximate surface area is 127 Å². The SMILES string of the molecule is C1CCN2CCC(NC3CCOC4(CCSC4)C3)C2C1. The smallest absolute Gasteiger partial charge is 0.0795 e. The molecule has 0 amide bonds. The van der Waals surface area contributed by atoms with Crippen LogP contribution in [0.1, 0.15) is 44.9 Å². The van der Waals surface area contributed by atoms with E-state index in [-0.39, 0.29) is 5.60 Å². The molecule has 0 aromatic carbocycles. The zero-order valence-electron chi connectivity index (χ0n) is 12.5. The zero-order chi connectivity index (χ0) is 13.4. The second kappa shape index (κ2) is 5.79. The zero-order valence-corrected chi connectivity index (χ0v) is 13.3. The van der Waals surface area contributed by atoms with Gasteiger partial charge in [0.15, 0.2) is 0 Å². The van der Waals surface area contributed by atoms with Crippen molar-refractivity contribution in [2.45, 2.75) is 68.7 Å². The van der Waals surface area contributed by atoms with Crippen molar-refractivity contribution in [2.75, 3.05) is 31.2 Å². The Morgan fingerprint density at radius 3 is 3.05 bits per heavy atom. The molecule has 4 unspecified atom stereocenters. The van der Waals surface area contributed by atoms with Gasteiger partial charge in [0, 0.05) is 37.0 Å². The maximum absolute atomic E-state index is 6.16. The van der Waals surface area contributed by atoms with Gasteiger partial charge in [0.1, 0.15) is 0 Å². The van der Waals surface area contributed by atoms with Crippen LogP contribution in [0.5, 0.6) is 0 Å². The van der Waals surface area contributed by atoms with Crippen molar-refractivity contribution in [1.29, 1.82) is 0 Å². The first kappa shape index (κ1) is 13.9. The lowest BCUT2D eigenvalue weighted by Gasteiger charge is -2.40. The van der Waals surface area contributed by atoms with Crippen LogP contribution in [0.4, 0.5) is 0 Å². The molecular formula is C16H28N2OS. The second-order valence-electron chi connectivity index (χ2n) is 7.18. The quantitative estimate of drug-likeness (QED) is 0.845. The first-order chi connectivity index (χ1) is 9.85. The van der Waals surface area contributed by atoms with Gasteiger partial charge < -0.3 is 10.1 Å². The average Bonchev–Trinajstić information content (AvgIpc) is 3.08. The Morgan fingerprint density at radius 2 is 2.15 bits per heavy atom. The Morgan fingerprint density at radius 1 is 1.15 bits per heavy atom. The third-order valence-electron chi connectivity index (χ3n) is 5.87. The number of nitrogens with zero attached hydrogens (tertiary/aromatic N) is 1. The highest BCUT2D eigenvalue weighted by molar-refractivity contribution is 7.99. The third kappa shape index (κ3) is 2.65. The molecule has 0 aromatic rings. The molecule has 0 aliphatic carbocycles. The van der Waals surface area contributed by atoms with E-state index < -0.39 is 0 Å². The van der Waals surface area contributed by atoms with Gasteiger partial charge in [-0.3, -0.25) is 4.90 Å². The lowest BCUT2D eigenvalue weighted by Crippen LogP contribution is -2.53. The summed E-state index contributed by atoms with van der Waals surface area (Å²) in [6.45, 7) is 3.64. The Kier molecular flexibility index (Phi) is 4.01. The molecule has 4 rings (SSSR count). The summed E-state index contributed by atoms with van der Waals surface area (Å²) in [4.78, 5) is 2.74. The van der Waals surface area contributed by atoms with Gasteiger partial charge in [0.25, 0.3) is 0 Å². The summed E-state index contributed by atoms with van der Waals surface area (Å²) in [7, 11) is 0. The summed E-state index contributed by atoms with van der Waals surface area (Å²) in [5, 5.41) is 4.04. The minimum atomic E-state index is 0.228. The molecule has 1 spiro atoms. The second-order valence-corrected chi connectivity index (χ2v) is 8.29. The van der Waals surface area contributed by atoms with Gasteiger partial charge in [0.2, 0.25) is 0 Å². The van der Waals surface area contributed by atoms with Gasteiger partial charge in [-0.15, -0.1) is 0 Å². The van der Waals surface area contributed by atoms with Gasteiger partial charge in [0.05, 0.1) is 5.60 Å². The maximum atomic E-state index is 6.16. The summed E-state index contributed by atoms with van der Waals surface area (Å²) in [6, 6.07) is 2.29. The number of thioether (sulfide) groups is 1. The van der Waals surface area contributed by atoms with E-state index in [9.17, 15) is 0 Å². The topological polar surface area (TPSA) is 24.5 Å². The fourth-order valence-corrected chi connectivity index (χ4v) is 6.16. The molecule has 114 valence electrons. The van der Waals surface area contributed by atoms with E-state index in [4.69, 9.17) is 4.74 Å². The molecule has 4 heterocycles. The molecule has 0 radical (unpaired) electrons. The van der Waals surface area contributed by atoms with E-state index in [0.29, 0.717) is 6.04 Å². The highest BCUT2D eigenvalue weighted by atomic mass is 32.2. The normalized spacial score (nSPS) is 45.9. The van der Waals surface area contributed by atoms with Crippen molar-refractivity contribution >= 4 is 11.8 Å². The molecule has 4 atom stereocenters. The van der Waals surface area contributed by atoms with Crippen LogP contribution in [-0.4, -0.2) is 59.8 Å². The highest BCUT2D eigenvalue weighted by Crippen LogP contribution is 2.39. The van der Waals surface area contributed by atoms with Gasteiger partial charge in [-0.1, -0.05) is 6.42 Å². The number of nitrogens with one attached hydrogen (secondary N) is 1. The first-order valence-electron chi connectivity index (χ1n) is 8.57. The van der Waals surface area contributed by atoms with Crippen LogP contribution in [0.2, 0.25) is 0 Å². The maximum Gasteiger partial charge on any atom is 0.0795 e. The third-order valence-corrected chi connectivity index (χ3v) is 7.09. The van der Waals surface area contributed by atoms with Gasteiger partial charge in [-0.2, -0.15) is 11.8 Å². The van der Waals surface area contributed by atoms with Crippen LogP contribution < -0.4 is 5.32 Å². The van der Waals surface area contributed by atoms with Gasteiger partial charge in [-0.05, 0) is 50.8 Å². The largest absolute Gasteiger partial charge is 0.374 e. The molecule has 0 aromatic heterocycles. The van der Waals surface area contributed by atoms with E-state index in [1.807, 2.05) is 0 Å². The van der Waals surface area contributed by atoms with Crippen molar-refractivity contribution < 1.29 is 4.74 Å². The summed E-state index contributed by atoms with van der Waals surface area (Å²) in [6.07, 6.45) is 9.38. The molecule has 4 aliphatic rings. The van der Waals surface area contributed by atoms with E-state index in [2.05, 4.69) is 22.0 Å². The fraction of sp³-hybridized carbons (Fsp3) is 1.00. The molecular weight excluding hydrogens is 268 g/mol. The van der Waals surface area contributed by atoms with Crippen molar-refractivity contribution in [2.24, 2.45) is 0 Å². The predicted molar refractivity (Wildman–Crippen MR) is 84.4 cm³/mol. The lowest BCUT2D eigenvalue weighted by molar-refractivity contribution is -0.0718. The number of hydrogen-bond acceptors (Lipinski definition) is 4. The van der Waals surface area contributed by atoms with E-state index in [1.165, 1.54) is 69.5 Å². The fourth-order valence-electron chi connectivity index (χ4n) is 4.78. The minimum absolute atomic E-state index is 0.228. The summed E-state index contributed by atoms with van der Waals surface area (Å²) in [5.41, 5.74) is 0.228. The molecule has 0 bridgehead atoms. The van der Waals surface area contributed by atoms with Crippen LogP contribution in [0.25, 0.3) is 0 Å². The number of fused-ring (bicyclic) bond motifs is 1. The van der Waals surface area contributed by atoms with Gasteiger partial charge >= 0.3 is 0 Å². The summed E-state index contributed by atoms with van der Waals surface area (Å²) >= 11 is 2.08. The van der Waals surface area contributed by atoms with Crippen LogP contribution in [0.3, 0.4) is 0 Å². The molecule has 3 nitrogen and oxygen atoms in total. The van der Waals surface area contributed by atoms with Crippen LogP contribution in [-0.2, 0) is 4.74 Å². The Balaban J connectivity index is 1.36. The number of piperidine rings is 1. The van der Waals surface area contributed by atoms with Crippen LogP contribution in [0, 0.1) is 0 Å². The molecule has 20 heavy (non-hydrogen) atoms. The van der Waals surface area contributed by atoms with Crippen LogP contribution in [0.15, 0.2) is 0 Å². The Bertz CT molecular complexity index is 345. The number of ether oxygens (including phenoxy) is 1. The van der Waals surface area contributed by atoms with Crippen LogP contribution >= 0.6 is 11.8 Å². The van der Waals surface area contributed by atoms with Crippen molar-refractivity contribution in [3.8, 4) is 0 Å². The molecule has 1 N–H and O–H groups in total. The molecule has 0 saturated carbocycles. The lowest BCUT2D eigenvalue weighted by atomic mass is 9.88. The average molecular weight is 296 g/mol. The first-order valence-corrected chi connectivity index (χ1v) is 9.72. The van der Waals surface area contributed by atoms with Gasteiger partial charge in [-0.25, -0.2) is 0 Å². The Hall–Kier alpha value is 0.230. The predicted octanol–water partition coefficient (Wildman–Crippen LogP) is 2.26. The molecule has 4 fully saturated rings. The summed E-state index contributed by atoms with van der Waals surface area (Å²) < 4.78 is 6.16. The number of hydrogen-bond donors (Lipinski definition) is 1. The van der Waals surface area contributed by atoms with Crippen molar-refractivity contribution in [1.82, 2.24) is 10.2 Å². The molecule has 4 heteroatoms. The summed E-state index contributed by atoms with van der Waals surface area (Å²) in [5.74, 6) is 2.53. The van der Waals surface area contributed by atoms with Crippen molar-refractivity contribution in [3.63, 3.8) is 0 Å². The number of rotatable bonds is 2. The van der Waals surface area contributed by atoms with E-state index >= 15 is 0 Å². The monoisotopic (exact) mass is 296 g/mol. The molecule has 4 aliphatic heterocycles. The van der Waals surface area contributed by atoms with E-state index in [0.717, 1.165) is 18.7 Å². The molecule has 4 saturated heterocycles. The highest BCUT2D eigenvalue weighted by Gasteiger charge is 2.42.